The van der Waals surface area contributed by atoms with Crippen LogP contribution in [0.4, 0.5) is 19.0 Å². The third kappa shape index (κ3) is 6.57. The summed E-state index contributed by atoms with van der Waals surface area (Å²) in [4.78, 5) is 25.9. The van der Waals surface area contributed by atoms with E-state index in [1.807, 2.05) is 30.3 Å². The lowest BCUT2D eigenvalue weighted by molar-refractivity contribution is -0.137. The molecule has 1 aliphatic rings. The van der Waals surface area contributed by atoms with Gasteiger partial charge in [0.15, 0.2) is 6.10 Å². The van der Waals surface area contributed by atoms with E-state index in [2.05, 4.69) is 25.9 Å². The van der Waals surface area contributed by atoms with Gasteiger partial charge >= 0.3 is 6.18 Å². The van der Waals surface area contributed by atoms with Gasteiger partial charge in [-0.1, -0.05) is 52.2 Å². The molecule has 12 heteroatoms. The summed E-state index contributed by atoms with van der Waals surface area (Å²) in [6, 6.07) is 10.2. The number of hydrogen-bond donors (Lipinski definition) is 2. The van der Waals surface area contributed by atoms with Crippen molar-refractivity contribution in [3.8, 4) is 0 Å². The second kappa shape index (κ2) is 10.1. The Bertz CT molecular complexity index is 970. The fraction of sp³-hybridized carbons (Fsp3) is 0.263. The predicted octanol–water partition coefficient (Wildman–Crippen LogP) is 3.59. The topological polar surface area (TPSA) is 97.2 Å². The van der Waals surface area contributed by atoms with Crippen LogP contribution in [0.3, 0.4) is 0 Å². The summed E-state index contributed by atoms with van der Waals surface area (Å²) in [6.45, 7) is 0.387. The zero-order chi connectivity index (χ0) is 22.3. The number of amides is 1. The Morgan fingerprint density at radius 2 is 2.13 bits per heavy atom. The van der Waals surface area contributed by atoms with E-state index in [9.17, 15) is 18.0 Å². The molecule has 3 rings (SSSR count). The van der Waals surface area contributed by atoms with Crippen molar-refractivity contribution in [1.82, 2.24) is 10.3 Å². The molecule has 1 aromatic heterocycles. The summed E-state index contributed by atoms with van der Waals surface area (Å²) < 4.78 is 38.0. The molecule has 8 nitrogen and oxygen atoms in total. The molecule has 0 saturated carbocycles. The summed E-state index contributed by atoms with van der Waals surface area (Å²) in [5.74, 6) is -0.445. The van der Waals surface area contributed by atoms with E-state index in [1.165, 1.54) is 0 Å². The van der Waals surface area contributed by atoms with Gasteiger partial charge in [-0.2, -0.15) is 13.2 Å². The number of rotatable bonds is 8. The zero-order valence-electron chi connectivity index (χ0n) is 15.9. The highest BCUT2D eigenvalue weighted by atomic mass is 35.5. The molecule has 0 fully saturated rings. The molecular formula is C19H17ClF3N5O3. The first kappa shape index (κ1) is 22.3. The van der Waals surface area contributed by atoms with Gasteiger partial charge in [-0.15, -0.1) is 0 Å². The molecule has 0 bridgehead atoms. The largest absolute Gasteiger partial charge is 0.417 e. The third-order valence-corrected chi connectivity index (χ3v) is 4.35. The molecule has 0 spiro atoms. The minimum Gasteiger partial charge on any atom is -0.390 e. The molecule has 0 unspecified atom stereocenters. The smallest absolute Gasteiger partial charge is 0.390 e. The Kier molecular flexibility index (Phi) is 7.29. The predicted molar refractivity (Wildman–Crippen MR) is 108 cm³/mol. The van der Waals surface area contributed by atoms with Gasteiger partial charge in [0.25, 0.3) is 5.91 Å². The second-order valence-corrected chi connectivity index (χ2v) is 6.78. The lowest BCUT2D eigenvalue weighted by Crippen LogP contribution is -2.31. The number of benzene rings is 1. The summed E-state index contributed by atoms with van der Waals surface area (Å²) in [6.07, 6.45) is -3.10. The van der Waals surface area contributed by atoms with Crippen LogP contribution >= 0.6 is 11.6 Å². The van der Waals surface area contributed by atoms with Gasteiger partial charge in [-0.05, 0) is 11.6 Å². The van der Waals surface area contributed by atoms with Crippen molar-refractivity contribution in [2.75, 3.05) is 11.9 Å². The van der Waals surface area contributed by atoms with Crippen molar-refractivity contribution in [2.24, 2.45) is 10.3 Å². The molecule has 1 aromatic carbocycles. The minimum absolute atomic E-state index is 0.0684. The van der Waals surface area contributed by atoms with Gasteiger partial charge in [0.1, 0.15) is 24.5 Å². The first-order valence-corrected chi connectivity index (χ1v) is 9.38. The van der Waals surface area contributed by atoms with E-state index in [1.54, 1.807) is 0 Å². The molecule has 0 saturated heterocycles. The van der Waals surface area contributed by atoms with Crippen LogP contribution in [0.5, 0.6) is 0 Å². The van der Waals surface area contributed by atoms with E-state index < -0.39 is 23.8 Å². The fourth-order valence-corrected chi connectivity index (χ4v) is 2.73. The normalized spacial score (nSPS) is 16.0. The summed E-state index contributed by atoms with van der Waals surface area (Å²) in [5.41, 5.74) is 0.113. The molecule has 1 amide bonds. The van der Waals surface area contributed by atoms with Gasteiger partial charge < -0.3 is 20.3 Å². The van der Waals surface area contributed by atoms with Crippen molar-refractivity contribution in [3.05, 3.63) is 58.7 Å². The van der Waals surface area contributed by atoms with Crippen molar-refractivity contribution in [2.45, 2.75) is 25.3 Å². The van der Waals surface area contributed by atoms with E-state index in [0.717, 1.165) is 18.0 Å². The Morgan fingerprint density at radius 3 is 2.84 bits per heavy atom. The van der Waals surface area contributed by atoms with E-state index >= 15 is 0 Å². The van der Waals surface area contributed by atoms with Crippen molar-refractivity contribution < 1.29 is 27.6 Å². The van der Waals surface area contributed by atoms with Crippen LogP contribution in [-0.2, 0) is 27.3 Å². The number of nitrogens with zero attached hydrogens (tertiary/aromatic N) is 3. The monoisotopic (exact) mass is 455 g/mol. The van der Waals surface area contributed by atoms with Gasteiger partial charge in [0.05, 0.1) is 17.1 Å². The molecule has 164 valence electrons. The highest BCUT2D eigenvalue weighted by Crippen LogP contribution is 2.32. The standard InChI is InChI=1S/C19H17ClF3N5O3/c20-15-6-13(19(21,22)23)8-24-17(15)25-9-14-7-16(28-31-14)18(29)26-11-27-30-10-12-4-2-1-3-5-12/h1-6,8,11,14H,7,9-10H2,(H,24,25)(H,26,27,29)/t14-/m0/s1. The summed E-state index contributed by atoms with van der Waals surface area (Å²) in [5, 5.41) is 12.4. The van der Waals surface area contributed by atoms with E-state index in [-0.39, 0.29) is 36.1 Å². The highest BCUT2D eigenvalue weighted by Gasteiger charge is 2.32. The molecule has 0 aliphatic carbocycles. The van der Waals surface area contributed by atoms with Gasteiger partial charge in [0, 0.05) is 12.6 Å². The minimum atomic E-state index is -4.53. The molecule has 0 radical (unpaired) electrons. The van der Waals surface area contributed by atoms with Crippen LogP contribution in [0.1, 0.15) is 17.5 Å². The van der Waals surface area contributed by atoms with Gasteiger partial charge in [-0.3, -0.25) is 4.79 Å². The Labute approximate surface area is 180 Å². The van der Waals surface area contributed by atoms with Crippen molar-refractivity contribution in [1.29, 1.82) is 0 Å². The van der Waals surface area contributed by atoms with Crippen molar-refractivity contribution >= 4 is 35.4 Å². The Morgan fingerprint density at radius 1 is 1.35 bits per heavy atom. The average Bonchev–Trinajstić information content (AvgIpc) is 3.22. The average molecular weight is 456 g/mol. The number of anilines is 1. The van der Waals surface area contributed by atoms with Crippen molar-refractivity contribution in [3.63, 3.8) is 0 Å². The molecular weight excluding hydrogens is 439 g/mol. The number of alkyl halides is 3. The maximum Gasteiger partial charge on any atom is 0.417 e. The number of halogens is 4. The van der Waals surface area contributed by atoms with Gasteiger partial charge in [-0.25, -0.2) is 4.98 Å². The number of carbonyl (C=O) groups is 1. The quantitative estimate of drug-likeness (QED) is 0.360. The maximum atomic E-state index is 12.7. The number of pyridine rings is 1. The number of carbonyl (C=O) groups excluding carboxylic acids is 1. The van der Waals surface area contributed by atoms with Crippen LogP contribution < -0.4 is 10.6 Å². The molecule has 31 heavy (non-hydrogen) atoms. The lowest BCUT2D eigenvalue weighted by Gasteiger charge is -2.13. The van der Waals surface area contributed by atoms with Crippen LogP contribution in [0.2, 0.25) is 5.02 Å². The first-order valence-electron chi connectivity index (χ1n) is 9.01. The van der Waals surface area contributed by atoms with Crippen LogP contribution in [0, 0.1) is 0 Å². The summed E-state index contributed by atoms with van der Waals surface area (Å²) in [7, 11) is 0. The molecule has 2 N–H and O–H groups in total. The maximum absolute atomic E-state index is 12.7. The second-order valence-electron chi connectivity index (χ2n) is 6.37. The van der Waals surface area contributed by atoms with E-state index in [0.29, 0.717) is 6.20 Å². The number of nitrogens with one attached hydrogen (secondary N) is 2. The van der Waals surface area contributed by atoms with Gasteiger partial charge in [0.2, 0.25) is 0 Å². The third-order valence-electron chi connectivity index (χ3n) is 4.06. The molecule has 1 atom stereocenters. The SMILES string of the molecule is O=C(NC=NOCc1ccccc1)C1=NO[C@H](CNc2ncc(C(F)(F)F)cc2Cl)C1. The molecule has 1 aliphatic heterocycles. The van der Waals surface area contributed by atoms with Crippen LogP contribution in [0.25, 0.3) is 0 Å². The lowest BCUT2D eigenvalue weighted by atomic mass is 10.1. The summed E-state index contributed by atoms with van der Waals surface area (Å²) >= 11 is 5.84. The number of aromatic nitrogens is 1. The van der Waals surface area contributed by atoms with E-state index in [4.69, 9.17) is 21.3 Å². The fourth-order valence-electron chi connectivity index (χ4n) is 2.50. The number of hydrogen-bond acceptors (Lipinski definition) is 7. The molecule has 2 aromatic rings. The van der Waals surface area contributed by atoms with Crippen LogP contribution in [-0.4, -0.2) is 35.6 Å². The zero-order valence-corrected chi connectivity index (χ0v) is 16.7. The molecule has 2 heterocycles. The number of oxime groups is 2. The Balaban J connectivity index is 1.39. The highest BCUT2D eigenvalue weighted by molar-refractivity contribution is 6.40. The Hall–Kier alpha value is -3.34. The van der Waals surface area contributed by atoms with Crippen LogP contribution in [0.15, 0.2) is 52.9 Å². The first-order chi connectivity index (χ1) is 14.8.